The van der Waals surface area contributed by atoms with E-state index in [0.717, 1.165) is 16.5 Å². The molecule has 61 heavy (non-hydrogen) atoms. The molecule has 8 aromatic carbocycles. The number of fused-ring (bicyclic) bond motifs is 2. The number of nitrogens with one attached hydrogen (secondary N) is 4. The molecule has 0 bridgehead atoms. The molecule has 0 unspecified atom stereocenters. The molecule has 0 atom stereocenters. The summed E-state index contributed by atoms with van der Waals surface area (Å²) in [6.07, 6.45) is 5.82. The first kappa shape index (κ1) is 40.0. The van der Waals surface area contributed by atoms with E-state index in [9.17, 15) is 0 Å². The van der Waals surface area contributed by atoms with E-state index in [4.69, 9.17) is 10.0 Å². The maximum atomic E-state index is 8.91. The molecule has 2 aliphatic heterocycles. The number of allylic oxidation sites excluding steroid dienone is 2. The van der Waals surface area contributed by atoms with Crippen molar-refractivity contribution in [3.05, 3.63) is 208 Å². The van der Waals surface area contributed by atoms with Crippen LogP contribution in [0.2, 0.25) is 0 Å². The van der Waals surface area contributed by atoms with Gasteiger partial charge in [0.1, 0.15) is 0 Å². The summed E-state index contributed by atoms with van der Waals surface area (Å²) in [7, 11) is -1.31. The van der Waals surface area contributed by atoms with Crippen LogP contribution < -0.4 is 31.8 Å². The van der Waals surface area contributed by atoms with E-state index >= 15 is 0 Å². The van der Waals surface area contributed by atoms with Gasteiger partial charge < -0.3 is 31.0 Å². The molecule has 0 saturated carbocycles. The first-order valence-corrected chi connectivity index (χ1v) is 21.1. The van der Waals surface area contributed by atoms with Gasteiger partial charge in [0.25, 0.3) is 0 Å². The summed E-state index contributed by atoms with van der Waals surface area (Å²) in [6, 6.07) is 59.3. The second kappa shape index (κ2) is 17.3. The predicted octanol–water partition coefficient (Wildman–Crippen LogP) is 10.3. The second-order valence-electron chi connectivity index (χ2n) is 15.5. The highest BCUT2D eigenvalue weighted by Crippen LogP contribution is 2.36. The van der Waals surface area contributed by atoms with Crippen LogP contribution in [0, 0.1) is 0 Å². The molecular formula is C51H44B3BrN4O2. The average molecular weight is 857 g/mol. The van der Waals surface area contributed by atoms with Crippen molar-refractivity contribution >= 4 is 110 Å². The maximum absolute atomic E-state index is 8.91. The molecule has 4 aliphatic rings. The lowest BCUT2D eigenvalue weighted by Gasteiger charge is -2.28. The topological polar surface area (TPSA) is 88.6 Å². The minimum atomic E-state index is -1.31. The van der Waals surface area contributed by atoms with E-state index in [2.05, 4.69) is 182 Å². The molecule has 8 aromatic rings. The van der Waals surface area contributed by atoms with Crippen LogP contribution in [0.1, 0.15) is 35.2 Å². The van der Waals surface area contributed by atoms with Crippen LogP contribution >= 0.6 is 15.9 Å². The highest BCUT2D eigenvalue weighted by Gasteiger charge is 2.30. The van der Waals surface area contributed by atoms with Crippen molar-refractivity contribution in [1.82, 2.24) is 0 Å². The van der Waals surface area contributed by atoms with Crippen LogP contribution in [0.25, 0.3) is 39.3 Å². The molecule has 12 rings (SSSR count). The van der Waals surface area contributed by atoms with Gasteiger partial charge >= 0.3 is 21.1 Å². The molecule has 6 N–H and O–H groups in total. The Hall–Kier alpha value is -6.45. The molecule has 2 heterocycles. The lowest BCUT2D eigenvalue weighted by molar-refractivity contribution is 0.418. The summed E-state index contributed by atoms with van der Waals surface area (Å²) in [4.78, 5) is 0. The molecular weight excluding hydrogens is 813 g/mol. The SMILES string of the molecule is Brc1ccccc1B1Nc2cccc3cccc(c23)N1.C.C1=C(c2ccccc2B2Nc3cccc4cccc(c34)N2)Cc2ccccc21.OB(O)C1=Cc2ccccc2C1. The molecule has 10 heteroatoms. The lowest BCUT2D eigenvalue weighted by Crippen LogP contribution is -2.49. The number of anilines is 4. The van der Waals surface area contributed by atoms with E-state index in [1.54, 1.807) is 0 Å². The smallest absolute Gasteiger partial charge is 0.423 e. The first-order chi connectivity index (χ1) is 29.5. The van der Waals surface area contributed by atoms with Crippen molar-refractivity contribution in [2.45, 2.75) is 20.3 Å². The maximum Gasteiger partial charge on any atom is 0.484 e. The Kier molecular flexibility index (Phi) is 11.3. The highest BCUT2D eigenvalue weighted by atomic mass is 79.9. The summed E-state index contributed by atoms with van der Waals surface area (Å²) >= 11 is 3.63. The minimum Gasteiger partial charge on any atom is -0.423 e. The third-order valence-corrected chi connectivity index (χ3v) is 12.5. The van der Waals surface area contributed by atoms with Gasteiger partial charge in [-0.2, -0.15) is 0 Å². The van der Waals surface area contributed by atoms with Gasteiger partial charge in [0.05, 0.1) is 0 Å². The minimum absolute atomic E-state index is 0. The second-order valence-corrected chi connectivity index (χ2v) is 16.3. The van der Waals surface area contributed by atoms with Gasteiger partial charge in [0.2, 0.25) is 0 Å². The first-order valence-electron chi connectivity index (χ1n) is 20.3. The van der Waals surface area contributed by atoms with Crippen molar-refractivity contribution in [1.29, 1.82) is 0 Å². The number of hydrogen-bond acceptors (Lipinski definition) is 6. The standard InChI is InChI=1S/C25H19BN2.C16H12BBrN2.C9H9BO2.CH4/c1-2-8-19-16-20(15-18(19)7-1)21-11-3-4-12-22(21)26-27-23-13-5-9-17-10-6-14-24(28-26)25(17)23;18-13-8-2-1-7-12(13)17-19-14-9-3-5-11-6-4-10-15(20-17)16(11)14;11-10(12)9-5-7-3-1-2-4-8(7)6-9;/h1-15,27-28H,16H2;1-10,19-20H;1-5,11-12H,6H2;1H4. The van der Waals surface area contributed by atoms with Crippen molar-refractivity contribution in [3.8, 4) is 0 Å². The number of benzene rings is 8. The monoisotopic (exact) mass is 856 g/mol. The molecule has 0 radical (unpaired) electrons. The van der Waals surface area contributed by atoms with Crippen molar-refractivity contribution < 1.29 is 10.0 Å². The van der Waals surface area contributed by atoms with Crippen LogP contribution in [0.5, 0.6) is 0 Å². The van der Waals surface area contributed by atoms with Gasteiger partial charge in [-0.25, -0.2) is 0 Å². The van der Waals surface area contributed by atoms with Crippen molar-refractivity contribution in [2.24, 2.45) is 0 Å². The van der Waals surface area contributed by atoms with Crippen LogP contribution in [0.15, 0.2) is 180 Å². The third kappa shape index (κ3) is 7.98. The van der Waals surface area contributed by atoms with Gasteiger partial charge in [-0.1, -0.05) is 175 Å². The lowest BCUT2D eigenvalue weighted by atomic mass is 9.63. The molecule has 0 saturated heterocycles. The van der Waals surface area contributed by atoms with Crippen molar-refractivity contribution in [3.63, 3.8) is 0 Å². The highest BCUT2D eigenvalue weighted by molar-refractivity contribution is 9.10. The fourth-order valence-corrected chi connectivity index (χ4v) is 9.36. The van der Waals surface area contributed by atoms with E-state index in [1.165, 1.54) is 83.0 Å². The number of rotatable bonds is 4. The Morgan fingerprint density at radius 2 is 0.902 bits per heavy atom. The zero-order chi connectivity index (χ0) is 40.6. The van der Waals surface area contributed by atoms with Gasteiger partial charge in [0, 0.05) is 38.0 Å². The van der Waals surface area contributed by atoms with Gasteiger partial charge in [-0.05, 0) is 104 Å². The largest absolute Gasteiger partial charge is 0.484 e. The Morgan fingerprint density at radius 1 is 0.459 bits per heavy atom. The molecule has 296 valence electrons. The van der Waals surface area contributed by atoms with Gasteiger partial charge in [-0.15, -0.1) is 0 Å². The van der Waals surface area contributed by atoms with Crippen molar-refractivity contribution in [2.75, 3.05) is 20.9 Å². The van der Waals surface area contributed by atoms with Crippen LogP contribution in [0.3, 0.4) is 0 Å². The summed E-state index contributed by atoms with van der Waals surface area (Å²) in [6.45, 7) is 0.118. The molecule has 0 fully saturated rings. The zero-order valence-electron chi connectivity index (χ0n) is 32.7. The Balaban J connectivity index is 0.000000126. The molecule has 2 aliphatic carbocycles. The third-order valence-electron chi connectivity index (χ3n) is 11.7. The van der Waals surface area contributed by atoms with Gasteiger partial charge in [-0.3, -0.25) is 0 Å². The normalized spacial score (nSPS) is 13.6. The average Bonchev–Trinajstić information content (AvgIpc) is 3.93. The van der Waals surface area contributed by atoms with Crippen LogP contribution in [-0.2, 0) is 12.8 Å². The van der Waals surface area contributed by atoms with Crippen LogP contribution in [-0.4, -0.2) is 31.1 Å². The summed E-state index contributed by atoms with van der Waals surface area (Å²) in [5, 5.41) is 37.5. The molecule has 0 spiro atoms. The van der Waals surface area contributed by atoms with Gasteiger partial charge in [0.15, 0.2) is 0 Å². The summed E-state index contributed by atoms with van der Waals surface area (Å²) in [5.74, 6) is 0. The number of hydrogen-bond donors (Lipinski definition) is 6. The fraction of sp³-hybridized carbons (Fsp3) is 0.0588. The molecule has 6 nitrogen and oxygen atoms in total. The fourth-order valence-electron chi connectivity index (χ4n) is 8.84. The zero-order valence-corrected chi connectivity index (χ0v) is 34.3. The predicted molar refractivity (Wildman–Crippen MR) is 267 cm³/mol. The Labute approximate surface area is 367 Å². The summed E-state index contributed by atoms with van der Waals surface area (Å²) in [5.41, 5.74) is 15.6. The number of halogens is 1. The quantitative estimate of drug-likeness (QED) is 0.0989. The summed E-state index contributed by atoms with van der Waals surface area (Å²) < 4.78 is 1.11. The van der Waals surface area contributed by atoms with Crippen LogP contribution in [0.4, 0.5) is 22.7 Å². The Bertz CT molecular complexity index is 2910. The van der Waals surface area contributed by atoms with E-state index in [0.29, 0.717) is 11.9 Å². The van der Waals surface area contributed by atoms with E-state index in [1.807, 2.05) is 36.4 Å². The molecule has 0 amide bonds. The Morgan fingerprint density at radius 3 is 1.41 bits per heavy atom. The van der Waals surface area contributed by atoms with E-state index in [-0.39, 0.29) is 21.4 Å². The van der Waals surface area contributed by atoms with E-state index < -0.39 is 7.12 Å². The molecule has 0 aromatic heterocycles.